The van der Waals surface area contributed by atoms with Crippen LogP contribution >= 0.6 is 0 Å². The van der Waals surface area contributed by atoms with E-state index in [9.17, 15) is 8.78 Å². The number of methoxy groups -OCH3 is 1. The van der Waals surface area contributed by atoms with Crippen molar-refractivity contribution in [1.29, 1.82) is 0 Å². The summed E-state index contributed by atoms with van der Waals surface area (Å²) in [5.74, 6) is -2.56. The maximum Gasteiger partial charge on any atom is 0.495 e. The normalized spacial score (nSPS) is 9.92. The maximum absolute atomic E-state index is 12.9. The van der Waals surface area contributed by atoms with Gasteiger partial charge in [-0.2, -0.15) is 0 Å². The number of halogens is 2. The van der Waals surface area contributed by atoms with Gasteiger partial charge in [-0.1, -0.05) is 0 Å². The maximum atomic E-state index is 12.9. The molecule has 2 N–H and O–H groups in total. The predicted octanol–water partition coefficient (Wildman–Crippen LogP) is -0.347. The van der Waals surface area contributed by atoms with Gasteiger partial charge in [0.1, 0.15) is 5.75 Å². The van der Waals surface area contributed by atoms with Gasteiger partial charge in [0.05, 0.1) is 12.6 Å². The van der Waals surface area contributed by atoms with E-state index in [1.54, 1.807) is 0 Å². The molecule has 0 aliphatic heterocycles. The second-order valence-corrected chi connectivity index (χ2v) is 2.35. The van der Waals surface area contributed by atoms with Crippen molar-refractivity contribution in [1.82, 2.24) is 0 Å². The van der Waals surface area contributed by atoms with E-state index in [-0.39, 0.29) is 5.75 Å². The molecule has 70 valence electrons. The van der Waals surface area contributed by atoms with Gasteiger partial charge in [-0.3, -0.25) is 0 Å². The van der Waals surface area contributed by atoms with Gasteiger partial charge in [0.2, 0.25) is 0 Å². The summed E-state index contributed by atoms with van der Waals surface area (Å²) in [7, 11) is -0.871. The molecule has 0 atom stereocenters. The Bertz CT molecular complexity index is 317. The Balaban J connectivity index is 3.32. The van der Waals surface area contributed by atoms with E-state index in [0.29, 0.717) is 0 Å². The highest BCUT2D eigenvalue weighted by Gasteiger charge is 2.24. The lowest BCUT2D eigenvalue weighted by molar-refractivity contribution is 0.394. The molecule has 0 bridgehead atoms. The number of rotatable bonds is 2. The molecule has 0 aliphatic carbocycles. The third-order valence-electron chi connectivity index (χ3n) is 1.57. The third-order valence-corrected chi connectivity index (χ3v) is 1.57. The average Bonchev–Trinajstić information content (AvgIpc) is 2.08. The summed E-state index contributed by atoms with van der Waals surface area (Å²) in [5.41, 5.74) is -0.595. The van der Waals surface area contributed by atoms with Crippen LogP contribution in [0.2, 0.25) is 0 Å². The second-order valence-electron chi connectivity index (χ2n) is 2.35. The summed E-state index contributed by atoms with van der Waals surface area (Å²) in [4.78, 5) is 0. The molecule has 0 saturated carbocycles. The highest BCUT2D eigenvalue weighted by molar-refractivity contribution is 6.59. The standard InChI is InChI=1S/C7H7BF2O3/c1-13-5-3-2-4(9)7(10)6(5)8(11)12/h2-3,11-12H,1H3. The zero-order chi connectivity index (χ0) is 10.0. The summed E-state index contributed by atoms with van der Waals surface area (Å²) in [6.45, 7) is 0. The summed E-state index contributed by atoms with van der Waals surface area (Å²) in [6.07, 6.45) is 0. The Morgan fingerprint density at radius 3 is 2.38 bits per heavy atom. The summed E-state index contributed by atoms with van der Waals surface area (Å²) >= 11 is 0. The molecule has 0 spiro atoms. The van der Waals surface area contributed by atoms with E-state index in [1.807, 2.05) is 0 Å². The van der Waals surface area contributed by atoms with Crippen molar-refractivity contribution >= 4 is 12.6 Å². The lowest BCUT2D eigenvalue weighted by Crippen LogP contribution is -2.34. The molecule has 13 heavy (non-hydrogen) atoms. The van der Waals surface area contributed by atoms with Crippen LogP contribution in [0.3, 0.4) is 0 Å². The van der Waals surface area contributed by atoms with E-state index >= 15 is 0 Å². The van der Waals surface area contributed by atoms with Crippen LogP contribution in [0.25, 0.3) is 0 Å². The van der Waals surface area contributed by atoms with Crippen LogP contribution < -0.4 is 10.2 Å². The van der Waals surface area contributed by atoms with Crippen molar-refractivity contribution < 1.29 is 23.6 Å². The monoisotopic (exact) mass is 188 g/mol. The molecule has 0 saturated heterocycles. The molecule has 6 heteroatoms. The van der Waals surface area contributed by atoms with Crippen molar-refractivity contribution in [2.24, 2.45) is 0 Å². The van der Waals surface area contributed by atoms with Crippen LogP contribution in [-0.2, 0) is 0 Å². The van der Waals surface area contributed by atoms with Crippen LogP contribution in [0.5, 0.6) is 5.75 Å². The Morgan fingerprint density at radius 1 is 1.31 bits per heavy atom. The van der Waals surface area contributed by atoms with Crippen LogP contribution in [0, 0.1) is 11.6 Å². The molecule has 0 aromatic heterocycles. The minimum absolute atomic E-state index is 0.103. The van der Waals surface area contributed by atoms with Crippen molar-refractivity contribution in [3.63, 3.8) is 0 Å². The minimum atomic E-state index is -2.09. The first-order chi connectivity index (χ1) is 6.07. The lowest BCUT2D eigenvalue weighted by atomic mass is 9.79. The molecular weight excluding hydrogens is 181 g/mol. The summed E-state index contributed by atoms with van der Waals surface area (Å²) in [5, 5.41) is 17.4. The van der Waals surface area contributed by atoms with Gasteiger partial charge < -0.3 is 14.8 Å². The molecule has 1 rings (SSSR count). The quantitative estimate of drug-likeness (QED) is 0.623. The van der Waals surface area contributed by atoms with Gasteiger partial charge in [0, 0.05) is 0 Å². The van der Waals surface area contributed by atoms with Crippen LogP contribution in [-0.4, -0.2) is 24.3 Å². The smallest absolute Gasteiger partial charge is 0.495 e. The van der Waals surface area contributed by atoms with E-state index in [4.69, 9.17) is 10.0 Å². The lowest BCUT2D eigenvalue weighted by Gasteiger charge is -2.08. The van der Waals surface area contributed by atoms with E-state index in [1.165, 1.54) is 7.11 Å². The van der Waals surface area contributed by atoms with E-state index in [2.05, 4.69) is 4.74 Å². The minimum Gasteiger partial charge on any atom is -0.497 e. The molecule has 0 fully saturated rings. The van der Waals surface area contributed by atoms with Gasteiger partial charge in [0.15, 0.2) is 11.6 Å². The molecule has 0 amide bonds. The van der Waals surface area contributed by atoms with Crippen LogP contribution in [0.1, 0.15) is 0 Å². The summed E-state index contributed by atoms with van der Waals surface area (Å²) < 4.78 is 30.1. The highest BCUT2D eigenvalue weighted by atomic mass is 19.2. The molecule has 0 unspecified atom stereocenters. The predicted molar refractivity (Wildman–Crippen MR) is 42.7 cm³/mol. The molecule has 3 nitrogen and oxygen atoms in total. The van der Waals surface area contributed by atoms with Gasteiger partial charge in [-0.15, -0.1) is 0 Å². The topological polar surface area (TPSA) is 49.7 Å². The van der Waals surface area contributed by atoms with Crippen molar-refractivity contribution in [3.8, 4) is 5.75 Å². The Labute approximate surface area is 73.7 Å². The van der Waals surface area contributed by atoms with Crippen LogP contribution in [0.15, 0.2) is 12.1 Å². The second kappa shape index (κ2) is 3.72. The molecule has 0 heterocycles. The van der Waals surface area contributed by atoms with Gasteiger partial charge in [0.25, 0.3) is 0 Å². The number of hydrogen-bond donors (Lipinski definition) is 2. The highest BCUT2D eigenvalue weighted by Crippen LogP contribution is 2.12. The molecular formula is C7H7BF2O3. The average molecular weight is 188 g/mol. The van der Waals surface area contributed by atoms with Crippen molar-refractivity contribution in [2.75, 3.05) is 7.11 Å². The van der Waals surface area contributed by atoms with Gasteiger partial charge in [-0.25, -0.2) is 8.78 Å². The fourth-order valence-corrected chi connectivity index (χ4v) is 0.967. The third kappa shape index (κ3) is 1.79. The Kier molecular flexibility index (Phi) is 2.85. The Hall–Kier alpha value is -1.14. The zero-order valence-electron chi connectivity index (χ0n) is 6.79. The molecule has 1 aromatic carbocycles. The van der Waals surface area contributed by atoms with E-state index in [0.717, 1.165) is 12.1 Å². The Morgan fingerprint density at radius 2 is 1.92 bits per heavy atom. The zero-order valence-corrected chi connectivity index (χ0v) is 6.79. The van der Waals surface area contributed by atoms with Crippen LogP contribution in [0.4, 0.5) is 8.78 Å². The van der Waals surface area contributed by atoms with Gasteiger partial charge >= 0.3 is 7.12 Å². The first kappa shape index (κ1) is 9.95. The van der Waals surface area contributed by atoms with Crippen molar-refractivity contribution in [2.45, 2.75) is 0 Å². The first-order valence-electron chi connectivity index (χ1n) is 3.46. The number of hydrogen-bond acceptors (Lipinski definition) is 3. The van der Waals surface area contributed by atoms with Gasteiger partial charge in [-0.05, 0) is 12.1 Å². The van der Waals surface area contributed by atoms with E-state index < -0.39 is 24.2 Å². The van der Waals surface area contributed by atoms with Crippen molar-refractivity contribution in [3.05, 3.63) is 23.8 Å². The first-order valence-corrected chi connectivity index (χ1v) is 3.46. The molecule has 1 aromatic rings. The fraction of sp³-hybridized carbons (Fsp3) is 0.143. The molecule has 0 radical (unpaired) electrons. The number of benzene rings is 1. The molecule has 0 aliphatic rings. The SMILES string of the molecule is COc1ccc(F)c(F)c1B(O)O. The summed E-state index contributed by atoms with van der Waals surface area (Å²) in [6, 6.07) is 1.97. The fourth-order valence-electron chi connectivity index (χ4n) is 0.967. The number of ether oxygens (including phenoxy) is 1. The largest absolute Gasteiger partial charge is 0.497 e.